The van der Waals surface area contributed by atoms with Gasteiger partial charge in [-0.1, -0.05) is 6.07 Å². The van der Waals surface area contributed by atoms with E-state index in [-0.39, 0.29) is 22.3 Å². The van der Waals surface area contributed by atoms with Crippen molar-refractivity contribution in [2.24, 2.45) is 0 Å². The largest absolute Gasteiger partial charge is 0.478 e. The number of benzene rings is 5. The summed E-state index contributed by atoms with van der Waals surface area (Å²) in [5.41, 5.74) is 4.82. The number of nitrogens with zero attached hydrogens (tertiary/aromatic N) is 12. The van der Waals surface area contributed by atoms with Gasteiger partial charge in [-0.2, -0.15) is 26.3 Å². The van der Waals surface area contributed by atoms with E-state index < -0.39 is 53.5 Å². The summed E-state index contributed by atoms with van der Waals surface area (Å²) >= 11 is 0. The fourth-order valence-corrected chi connectivity index (χ4v) is 10.3. The van der Waals surface area contributed by atoms with Gasteiger partial charge in [0.05, 0.1) is 90.9 Å². The number of aromatic carboxylic acids is 5. The fraction of sp³-hybridized carbons (Fsp3) is 0.0423. The van der Waals surface area contributed by atoms with Crippen LogP contribution in [0, 0.1) is 6.92 Å². The third-order valence-electron chi connectivity index (χ3n) is 15.1. The number of carboxylic acid groups (broad SMARTS) is 5. The lowest BCUT2D eigenvalue weighted by Crippen LogP contribution is -2.08. The smallest absolute Gasteiger partial charge is 0.433 e. The number of alkyl halides is 6. The lowest BCUT2D eigenvalue weighted by molar-refractivity contribution is -0.141. The molecule has 0 fully saturated rings. The Morgan fingerprint density at radius 1 is 0.354 bits per heavy atom. The molecule has 0 bridgehead atoms. The summed E-state index contributed by atoms with van der Waals surface area (Å²) in [4.78, 5) is 82.5. The standard InChI is InChI=1S/2C15H9F3N2O2.C14H11N3O2.C14H10N2O2.C13H9N3O2/c16-15(17,18)13-4-2-11(8-19-13)20-6-5-9-7-10(14(21)22)1-3-12(9)20;16-15(17,18)11-2-4-13(19-8-11)20-6-5-9-7-10(14(21)22)1-3-12(9)20;1-9-15-6-4-13(16-9)17-7-5-10-8-11(14(18)19)2-3-12(10)17;17-14(18)11-4-5-12-10(9-11)6-8-16(12)13-3-1-2-7-15-13;17-13(18)10-1-2-12-9(5-10)3-4-16(12)11-6-14-8-15-7-11/h2*1-8H,(H,21,22);2-8H,1H3,(H,18,19);1-9H,(H,17,18);1-8H,(H,17,18). The number of hydrogen-bond acceptors (Lipinski definition) is 12. The van der Waals surface area contributed by atoms with Crippen LogP contribution >= 0.6 is 0 Å². The van der Waals surface area contributed by atoms with Crippen molar-refractivity contribution < 1.29 is 75.8 Å². The van der Waals surface area contributed by atoms with Crippen LogP contribution in [0.15, 0.2) is 244 Å². The van der Waals surface area contributed by atoms with Gasteiger partial charge in [-0.25, -0.2) is 58.9 Å². The predicted octanol–water partition coefficient (Wildman–Crippen LogP) is 14.8. The Bertz CT molecular complexity index is 5230. The summed E-state index contributed by atoms with van der Waals surface area (Å²) in [5, 5.41) is 48.8. The minimum absolute atomic E-state index is 0.144. The second-order valence-corrected chi connectivity index (χ2v) is 21.4. The van der Waals surface area contributed by atoms with E-state index in [1.165, 1.54) is 42.7 Å². The summed E-state index contributed by atoms with van der Waals surface area (Å²) in [6.45, 7) is 1.83. The monoisotopic (exact) mass is 1340 g/mol. The van der Waals surface area contributed by atoms with Gasteiger partial charge < -0.3 is 48.4 Å². The van der Waals surface area contributed by atoms with Crippen LogP contribution in [0.5, 0.6) is 0 Å². The Hall–Kier alpha value is -13.7. The topological polar surface area (TPSA) is 301 Å². The number of halogens is 6. The molecule has 0 aliphatic carbocycles. The van der Waals surface area contributed by atoms with E-state index in [2.05, 4.69) is 34.9 Å². The van der Waals surface area contributed by atoms with E-state index in [0.29, 0.717) is 44.7 Å². The number of aromatic nitrogens is 12. The van der Waals surface area contributed by atoms with Crippen molar-refractivity contribution in [1.29, 1.82) is 0 Å². The molecule has 0 amide bonds. The SMILES string of the molecule is Cc1nccc(-n2ccc3cc(C(=O)O)ccc32)n1.O=C(O)c1ccc2c(ccn2-c2ccc(C(F)(F)F)cn2)c1.O=C(O)c1ccc2c(ccn2-c2ccc(C(F)(F)F)nc2)c1.O=C(O)c1ccc2c(ccn2-c2ccccn2)c1.O=C(O)c1ccc2c(ccn2-c2cncnc2)c1. The quantitative estimate of drug-likeness (QED) is 0.0795. The molecule has 22 nitrogen and oxygen atoms in total. The average Bonchev–Trinajstić information content (AvgIpc) is 1.79. The maximum Gasteiger partial charge on any atom is 0.433 e. The first-order valence-corrected chi connectivity index (χ1v) is 29.1. The summed E-state index contributed by atoms with van der Waals surface area (Å²) in [7, 11) is 0. The van der Waals surface area contributed by atoms with Crippen molar-refractivity contribution in [3.63, 3.8) is 0 Å². The maximum atomic E-state index is 12.5. The first kappa shape index (κ1) is 66.8. The van der Waals surface area contributed by atoms with Gasteiger partial charge in [0.25, 0.3) is 0 Å². The Balaban J connectivity index is 0.000000125. The maximum absolute atomic E-state index is 12.5. The van der Waals surface area contributed by atoms with Crippen molar-refractivity contribution in [2.45, 2.75) is 19.3 Å². The molecule has 0 saturated carbocycles. The Morgan fingerprint density at radius 2 is 0.758 bits per heavy atom. The van der Waals surface area contributed by atoms with Gasteiger partial charge in [0.1, 0.15) is 35.3 Å². The van der Waals surface area contributed by atoms with Gasteiger partial charge in [-0.05, 0) is 171 Å². The van der Waals surface area contributed by atoms with Crippen LogP contribution in [0.2, 0.25) is 0 Å². The molecule has 0 aliphatic rings. The third kappa shape index (κ3) is 15.1. The molecule has 15 aromatic rings. The molecule has 0 radical (unpaired) electrons. The van der Waals surface area contributed by atoms with Crippen LogP contribution in [0.3, 0.4) is 0 Å². The van der Waals surface area contributed by atoms with Crippen LogP contribution in [0.1, 0.15) is 68.9 Å². The van der Waals surface area contributed by atoms with Crippen LogP contribution in [0.4, 0.5) is 26.3 Å². The highest BCUT2D eigenvalue weighted by Gasteiger charge is 2.32. The van der Waals surface area contributed by atoms with E-state index in [4.69, 9.17) is 25.5 Å². The van der Waals surface area contributed by atoms with Crippen molar-refractivity contribution in [2.75, 3.05) is 0 Å². The molecule has 10 aromatic heterocycles. The van der Waals surface area contributed by atoms with E-state index in [0.717, 1.165) is 74.6 Å². The Morgan fingerprint density at radius 3 is 1.11 bits per heavy atom. The fourth-order valence-electron chi connectivity index (χ4n) is 10.3. The van der Waals surface area contributed by atoms with Gasteiger partial charge >= 0.3 is 42.2 Å². The van der Waals surface area contributed by atoms with Gasteiger partial charge in [-0.3, -0.25) is 0 Å². The molecule has 99 heavy (non-hydrogen) atoms. The highest BCUT2D eigenvalue weighted by molar-refractivity contribution is 5.97. The number of hydrogen-bond donors (Lipinski definition) is 5. The van der Waals surface area contributed by atoms with Gasteiger partial charge in [0.2, 0.25) is 0 Å². The highest BCUT2D eigenvalue weighted by atomic mass is 19.4. The Kier molecular flexibility index (Phi) is 19.0. The minimum Gasteiger partial charge on any atom is -0.478 e. The molecule has 494 valence electrons. The van der Waals surface area contributed by atoms with E-state index in [1.807, 2.05) is 81.7 Å². The normalized spacial score (nSPS) is 11.2. The van der Waals surface area contributed by atoms with E-state index in [9.17, 15) is 50.3 Å². The van der Waals surface area contributed by atoms with E-state index in [1.54, 1.807) is 125 Å². The summed E-state index contributed by atoms with van der Waals surface area (Å²) < 4.78 is 84.1. The van der Waals surface area contributed by atoms with Gasteiger partial charge in [0, 0.05) is 76.5 Å². The molecular formula is C71H48F6N12O10. The summed E-state index contributed by atoms with van der Waals surface area (Å²) in [5.74, 6) is -2.23. The molecular weight excluding hydrogens is 1290 g/mol. The lowest BCUT2D eigenvalue weighted by Gasteiger charge is -2.08. The molecule has 0 aliphatic heterocycles. The van der Waals surface area contributed by atoms with E-state index >= 15 is 0 Å². The number of rotatable bonds is 10. The number of carbonyl (C=O) groups is 5. The zero-order valence-corrected chi connectivity index (χ0v) is 51.0. The van der Waals surface area contributed by atoms with Gasteiger partial charge in [-0.15, -0.1) is 0 Å². The first-order valence-electron chi connectivity index (χ1n) is 29.1. The zero-order chi connectivity index (χ0) is 70.3. The van der Waals surface area contributed by atoms with Crippen LogP contribution in [-0.2, 0) is 12.4 Å². The highest BCUT2D eigenvalue weighted by Crippen LogP contribution is 2.32. The molecule has 0 spiro atoms. The van der Waals surface area contributed by atoms with Crippen LogP contribution in [0.25, 0.3) is 83.3 Å². The molecule has 28 heteroatoms. The zero-order valence-electron chi connectivity index (χ0n) is 51.0. The molecule has 10 heterocycles. The van der Waals surface area contributed by atoms with Crippen LogP contribution in [-0.4, -0.2) is 113 Å². The number of aryl methyl sites for hydroxylation is 1. The molecule has 0 saturated heterocycles. The summed E-state index contributed by atoms with van der Waals surface area (Å²) in [6, 6.07) is 45.2. The molecule has 15 rings (SSSR count). The molecule has 0 unspecified atom stereocenters. The Labute approximate surface area is 553 Å². The van der Waals surface area contributed by atoms with Crippen molar-refractivity contribution in [1.82, 2.24) is 57.7 Å². The van der Waals surface area contributed by atoms with Crippen molar-refractivity contribution >= 4 is 84.4 Å². The molecule has 5 N–H and O–H groups in total. The average molecular weight is 1340 g/mol. The number of fused-ring (bicyclic) bond motifs is 5. The van der Waals surface area contributed by atoms with Gasteiger partial charge in [0.15, 0.2) is 0 Å². The second-order valence-electron chi connectivity index (χ2n) is 21.4. The number of carboxylic acids is 5. The first-order chi connectivity index (χ1) is 47.4. The predicted molar refractivity (Wildman–Crippen MR) is 350 cm³/mol. The molecule has 0 atom stereocenters. The lowest BCUT2D eigenvalue weighted by atomic mass is 10.1. The van der Waals surface area contributed by atoms with Crippen molar-refractivity contribution in [3.8, 4) is 28.8 Å². The van der Waals surface area contributed by atoms with Crippen molar-refractivity contribution in [3.05, 3.63) is 289 Å². The second kappa shape index (κ2) is 28.1. The summed E-state index contributed by atoms with van der Waals surface area (Å²) in [6.07, 6.45) is 10.2. The minimum atomic E-state index is -4.48. The third-order valence-corrected chi connectivity index (χ3v) is 15.1. The number of pyridine rings is 3. The van der Waals surface area contributed by atoms with Crippen LogP contribution < -0.4 is 0 Å². The molecule has 5 aromatic carbocycles.